The largest absolute Gasteiger partial charge is 0.230 e. The topological polar surface area (TPSA) is 18.5 Å². The van der Waals surface area contributed by atoms with Crippen LogP contribution in [0.5, 0.6) is 0 Å². The van der Waals surface area contributed by atoms with Crippen molar-refractivity contribution in [3.63, 3.8) is 0 Å². The fourth-order valence-corrected chi connectivity index (χ4v) is 1.44. The monoisotopic (exact) mass is 248 g/mol. The molecule has 0 saturated heterocycles. The Morgan fingerprint density at radius 2 is 1.67 bits per heavy atom. The van der Waals surface area contributed by atoms with Gasteiger partial charge in [0.1, 0.15) is 5.60 Å². The zero-order chi connectivity index (χ0) is 14.0. The van der Waals surface area contributed by atoms with Crippen LogP contribution in [0.25, 0.3) is 5.57 Å². The van der Waals surface area contributed by atoms with E-state index in [9.17, 15) is 0 Å². The molecular weight excluding hydrogens is 224 g/mol. The molecule has 0 N–H and O–H groups in total. The summed E-state index contributed by atoms with van der Waals surface area (Å²) < 4.78 is 0. The number of hydrogen-bond donors (Lipinski definition) is 0. The van der Waals surface area contributed by atoms with E-state index in [1.165, 1.54) is 0 Å². The van der Waals surface area contributed by atoms with Crippen molar-refractivity contribution in [1.82, 2.24) is 0 Å². The summed E-state index contributed by atoms with van der Waals surface area (Å²) in [6, 6.07) is 8.20. The minimum absolute atomic E-state index is 0.316. The van der Waals surface area contributed by atoms with Crippen LogP contribution in [-0.2, 0) is 15.4 Å². The van der Waals surface area contributed by atoms with Crippen LogP contribution >= 0.6 is 0 Å². The average molecular weight is 248 g/mol. The molecule has 0 saturated carbocycles. The summed E-state index contributed by atoms with van der Waals surface area (Å²) in [5.74, 6) is 0. The molecule has 0 aliphatic heterocycles. The average Bonchev–Trinajstić information content (AvgIpc) is 2.26. The van der Waals surface area contributed by atoms with Crippen LogP contribution in [0.2, 0.25) is 0 Å². The Labute approximate surface area is 111 Å². The SMILES string of the molecule is C=C(C)c1cccc(C(C)(C)OOC(C)(C)C)c1. The van der Waals surface area contributed by atoms with Crippen molar-refractivity contribution >= 4 is 5.57 Å². The molecule has 0 atom stereocenters. The van der Waals surface area contributed by atoms with Gasteiger partial charge in [0, 0.05) is 0 Å². The molecule has 1 rings (SSSR count). The Kier molecular flexibility index (Phi) is 4.36. The maximum absolute atomic E-state index is 5.59. The number of hydrogen-bond acceptors (Lipinski definition) is 2. The Morgan fingerprint density at radius 1 is 1.06 bits per heavy atom. The van der Waals surface area contributed by atoms with E-state index in [1.54, 1.807) is 0 Å². The van der Waals surface area contributed by atoms with Gasteiger partial charge >= 0.3 is 0 Å². The smallest absolute Gasteiger partial charge is 0.123 e. The zero-order valence-electron chi connectivity index (χ0n) is 12.3. The van der Waals surface area contributed by atoms with Gasteiger partial charge in [-0.1, -0.05) is 30.4 Å². The van der Waals surface area contributed by atoms with Gasteiger partial charge < -0.3 is 0 Å². The molecule has 0 unspecified atom stereocenters. The molecule has 2 heteroatoms. The molecule has 0 spiro atoms. The highest BCUT2D eigenvalue weighted by Crippen LogP contribution is 2.28. The number of allylic oxidation sites excluding steroid dienone is 1. The quantitative estimate of drug-likeness (QED) is 0.568. The minimum Gasteiger partial charge on any atom is -0.230 e. The first-order valence-corrected chi connectivity index (χ1v) is 6.25. The lowest BCUT2D eigenvalue weighted by Gasteiger charge is -2.29. The normalized spacial score (nSPS) is 12.6. The fraction of sp³-hybridized carbons (Fsp3) is 0.500. The standard InChI is InChI=1S/C16H24O2/c1-12(2)13-9-8-10-14(11-13)16(6,7)18-17-15(3,4)5/h8-11H,1H2,2-7H3. The Balaban J connectivity index is 2.90. The predicted octanol–water partition coefficient (Wildman–Crippen LogP) is 4.70. The molecule has 1 aromatic rings. The number of rotatable bonds is 4. The van der Waals surface area contributed by atoms with E-state index in [-0.39, 0.29) is 5.60 Å². The molecule has 0 bridgehead atoms. The third-order valence-electron chi connectivity index (χ3n) is 2.55. The van der Waals surface area contributed by atoms with Crippen molar-refractivity contribution in [1.29, 1.82) is 0 Å². The van der Waals surface area contributed by atoms with Crippen molar-refractivity contribution in [2.75, 3.05) is 0 Å². The van der Waals surface area contributed by atoms with E-state index in [4.69, 9.17) is 9.78 Å². The molecule has 2 nitrogen and oxygen atoms in total. The van der Waals surface area contributed by atoms with Crippen LogP contribution in [0.4, 0.5) is 0 Å². The van der Waals surface area contributed by atoms with Gasteiger partial charge in [-0.05, 0) is 58.7 Å². The van der Waals surface area contributed by atoms with E-state index in [0.29, 0.717) is 0 Å². The summed E-state index contributed by atoms with van der Waals surface area (Å²) >= 11 is 0. The van der Waals surface area contributed by atoms with Crippen LogP contribution in [0, 0.1) is 0 Å². The van der Waals surface area contributed by atoms with Gasteiger partial charge in [-0.25, -0.2) is 9.78 Å². The van der Waals surface area contributed by atoms with Crippen LogP contribution in [0.15, 0.2) is 30.8 Å². The second-order valence-electron chi connectivity index (χ2n) is 6.15. The fourth-order valence-electron chi connectivity index (χ4n) is 1.44. The minimum atomic E-state index is -0.487. The molecule has 1 aromatic carbocycles. The molecule has 18 heavy (non-hydrogen) atoms. The molecule has 0 fully saturated rings. The molecule has 0 heterocycles. The summed E-state index contributed by atoms with van der Waals surface area (Å²) in [7, 11) is 0. The van der Waals surface area contributed by atoms with Crippen LogP contribution in [-0.4, -0.2) is 5.60 Å². The van der Waals surface area contributed by atoms with E-state index >= 15 is 0 Å². The highest BCUT2D eigenvalue weighted by Gasteiger charge is 2.26. The summed E-state index contributed by atoms with van der Waals surface area (Å²) in [5, 5.41) is 0. The van der Waals surface area contributed by atoms with Gasteiger partial charge in [0.25, 0.3) is 0 Å². The van der Waals surface area contributed by atoms with Crippen LogP contribution < -0.4 is 0 Å². The first-order chi connectivity index (χ1) is 8.12. The van der Waals surface area contributed by atoms with Crippen molar-refractivity contribution in [3.8, 4) is 0 Å². The maximum Gasteiger partial charge on any atom is 0.123 e. The summed E-state index contributed by atoms with van der Waals surface area (Å²) in [6.07, 6.45) is 0. The highest BCUT2D eigenvalue weighted by molar-refractivity contribution is 5.62. The summed E-state index contributed by atoms with van der Waals surface area (Å²) in [6.45, 7) is 15.8. The Morgan fingerprint density at radius 3 is 2.17 bits per heavy atom. The zero-order valence-corrected chi connectivity index (χ0v) is 12.3. The molecule has 0 aliphatic carbocycles. The molecule has 0 amide bonds. The molecular formula is C16H24O2. The summed E-state index contributed by atoms with van der Waals surface area (Å²) in [5.41, 5.74) is 2.44. The summed E-state index contributed by atoms with van der Waals surface area (Å²) in [4.78, 5) is 11.0. The third kappa shape index (κ3) is 4.28. The molecule has 0 aliphatic rings. The van der Waals surface area contributed by atoms with E-state index in [0.717, 1.165) is 16.7 Å². The van der Waals surface area contributed by atoms with Crippen molar-refractivity contribution in [2.45, 2.75) is 52.7 Å². The molecule has 0 aromatic heterocycles. The second kappa shape index (κ2) is 5.25. The van der Waals surface area contributed by atoms with Gasteiger partial charge in [-0.2, -0.15) is 0 Å². The lowest BCUT2D eigenvalue weighted by Crippen LogP contribution is -2.28. The molecule has 100 valence electrons. The second-order valence-corrected chi connectivity index (χ2v) is 6.15. The van der Waals surface area contributed by atoms with Gasteiger partial charge in [0.15, 0.2) is 0 Å². The Bertz CT molecular complexity index is 425. The first-order valence-electron chi connectivity index (χ1n) is 6.25. The Hall–Kier alpha value is -1.12. The number of benzene rings is 1. The predicted molar refractivity (Wildman–Crippen MR) is 76.1 cm³/mol. The third-order valence-corrected chi connectivity index (χ3v) is 2.55. The van der Waals surface area contributed by atoms with Gasteiger partial charge in [0.05, 0.1) is 5.60 Å². The lowest BCUT2D eigenvalue weighted by atomic mass is 9.95. The maximum atomic E-state index is 5.59. The van der Waals surface area contributed by atoms with Gasteiger partial charge in [-0.3, -0.25) is 0 Å². The van der Waals surface area contributed by atoms with Crippen LogP contribution in [0.1, 0.15) is 52.7 Å². The van der Waals surface area contributed by atoms with E-state index < -0.39 is 5.60 Å². The molecule has 0 radical (unpaired) electrons. The van der Waals surface area contributed by atoms with Crippen molar-refractivity contribution in [3.05, 3.63) is 42.0 Å². The lowest BCUT2D eigenvalue weighted by molar-refractivity contribution is -0.401. The van der Waals surface area contributed by atoms with Gasteiger partial charge in [-0.15, -0.1) is 0 Å². The highest BCUT2D eigenvalue weighted by atomic mass is 17.2. The van der Waals surface area contributed by atoms with E-state index in [2.05, 4.69) is 12.6 Å². The van der Waals surface area contributed by atoms with Crippen molar-refractivity contribution in [2.24, 2.45) is 0 Å². The first kappa shape index (κ1) is 14.9. The van der Waals surface area contributed by atoms with E-state index in [1.807, 2.05) is 59.7 Å². The van der Waals surface area contributed by atoms with Crippen LogP contribution in [0.3, 0.4) is 0 Å². The van der Waals surface area contributed by atoms with Gasteiger partial charge in [0.2, 0.25) is 0 Å². The van der Waals surface area contributed by atoms with Crippen molar-refractivity contribution < 1.29 is 9.78 Å².